The number of carbonyl (C=O) groups excluding carboxylic acids is 1. The number of nitrogens with zero attached hydrogens (tertiary/aromatic N) is 1. The molecule has 0 saturated heterocycles. The topological polar surface area (TPSA) is 42.0 Å². The molecule has 1 heterocycles. The molecule has 0 fully saturated rings. The monoisotopic (exact) mass is 258 g/mol. The Morgan fingerprint density at radius 2 is 1.76 bits per heavy atom. The number of aromatic nitrogens is 1. The van der Waals surface area contributed by atoms with E-state index < -0.39 is 29.8 Å². The molecule has 0 aliphatic carbocycles. The predicted molar refractivity (Wildman–Crippen MR) is 43.8 cm³/mol. The third kappa shape index (κ3) is 2.86. The van der Waals surface area contributed by atoms with Gasteiger partial charge in [0.15, 0.2) is 0 Å². The minimum absolute atomic E-state index is 0.737. The first kappa shape index (κ1) is 13.3. The van der Waals surface area contributed by atoms with E-state index in [1.807, 2.05) is 0 Å². The van der Waals surface area contributed by atoms with Crippen LogP contribution < -0.4 is 5.32 Å². The largest absolute Gasteiger partial charge is 0.463 e. The predicted octanol–water partition coefficient (Wildman–Crippen LogP) is 2.36. The minimum Gasteiger partial charge on any atom is -0.305 e. The van der Waals surface area contributed by atoms with Gasteiger partial charge >= 0.3 is 18.0 Å². The first-order valence-electron chi connectivity index (χ1n) is 4.03. The van der Waals surface area contributed by atoms with E-state index in [1.165, 1.54) is 5.32 Å². The maximum Gasteiger partial charge on any atom is 0.463 e. The highest BCUT2D eigenvalue weighted by molar-refractivity contribution is 5.95. The van der Waals surface area contributed by atoms with Crippen molar-refractivity contribution < 1.29 is 31.1 Å². The van der Waals surface area contributed by atoms with Crippen LogP contribution in [0.4, 0.5) is 32.2 Å². The van der Waals surface area contributed by atoms with Crippen LogP contribution in [0.3, 0.4) is 0 Å². The highest BCUT2D eigenvalue weighted by Crippen LogP contribution is 2.36. The lowest BCUT2D eigenvalue weighted by molar-refractivity contribution is -0.267. The van der Waals surface area contributed by atoms with Crippen LogP contribution in [0.25, 0.3) is 0 Å². The van der Waals surface area contributed by atoms with Crippen LogP contribution in [-0.2, 0) is 4.79 Å². The fourth-order valence-electron chi connectivity index (χ4n) is 0.801. The van der Waals surface area contributed by atoms with Gasteiger partial charge in [0.25, 0.3) is 0 Å². The van der Waals surface area contributed by atoms with Crippen molar-refractivity contribution in [2.24, 2.45) is 0 Å². The minimum atomic E-state index is -6.02. The lowest BCUT2D eigenvalue weighted by Gasteiger charge is -2.18. The molecule has 1 aromatic heterocycles. The third-order valence-corrected chi connectivity index (χ3v) is 1.60. The van der Waals surface area contributed by atoms with Crippen LogP contribution in [0.2, 0.25) is 0 Å². The van der Waals surface area contributed by atoms with Crippen molar-refractivity contribution in [1.82, 2.24) is 4.98 Å². The van der Waals surface area contributed by atoms with E-state index >= 15 is 0 Å². The average Bonchev–Trinajstić information content (AvgIpc) is 2.15. The molecular formula is C8H4F6N2O. The second kappa shape index (κ2) is 4.22. The zero-order valence-electron chi connectivity index (χ0n) is 7.86. The van der Waals surface area contributed by atoms with E-state index in [2.05, 4.69) is 4.98 Å². The summed E-state index contributed by atoms with van der Waals surface area (Å²) in [7, 11) is 0. The summed E-state index contributed by atoms with van der Waals surface area (Å²) in [5.41, 5.74) is 0. The summed E-state index contributed by atoms with van der Waals surface area (Å²) in [5.74, 6) is -10.1. The van der Waals surface area contributed by atoms with Crippen molar-refractivity contribution in [2.45, 2.75) is 12.1 Å². The first-order valence-corrected chi connectivity index (χ1v) is 4.03. The molecular weight excluding hydrogens is 254 g/mol. The Hall–Kier alpha value is -1.80. The number of halogens is 6. The molecule has 3 nitrogen and oxygen atoms in total. The molecule has 0 spiro atoms. The second-order valence-corrected chi connectivity index (χ2v) is 2.87. The number of hydrogen-bond acceptors (Lipinski definition) is 2. The fraction of sp³-hybridized carbons (Fsp3) is 0.250. The van der Waals surface area contributed by atoms with Crippen LogP contribution >= 0.6 is 0 Å². The van der Waals surface area contributed by atoms with Gasteiger partial charge < -0.3 is 5.32 Å². The summed E-state index contributed by atoms with van der Waals surface area (Å²) < 4.78 is 72.7. The maximum atomic E-state index is 12.5. The van der Waals surface area contributed by atoms with Gasteiger partial charge in [-0.2, -0.15) is 26.3 Å². The zero-order valence-corrected chi connectivity index (χ0v) is 7.86. The Morgan fingerprint density at radius 3 is 2.24 bits per heavy atom. The summed E-state index contributed by atoms with van der Waals surface area (Å²) >= 11 is 0. The standard InChI is InChI=1S/C8H4F6N2O/c9-4-2-1-3-5(15-4)16-6(17)7(10,11)8(12,13)14/h1-3H,(H,15,16,17). The SMILES string of the molecule is O=C(Nc1cccc(F)n1)C(F)(F)C(F)(F)F. The molecule has 0 saturated carbocycles. The van der Waals surface area contributed by atoms with E-state index in [0.29, 0.717) is 0 Å². The van der Waals surface area contributed by atoms with Gasteiger partial charge in [0.1, 0.15) is 5.82 Å². The molecule has 0 aliphatic rings. The van der Waals surface area contributed by atoms with E-state index in [1.54, 1.807) is 0 Å². The molecule has 1 aromatic rings. The molecule has 0 radical (unpaired) electrons. The Kier molecular flexibility index (Phi) is 3.30. The normalized spacial score (nSPS) is 12.4. The molecule has 94 valence electrons. The highest BCUT2D eigenvalue weighted by atomic mass is 19.4. The smallest absolute Gasteiger partial charge is 0.305 e. The molecule has 17 heavy (non-hydrogen) atoms. The van der Waals surface area contributed by atoms with Gasteiger partial charge in [-0.1, -0.05) is 6.07 Å². The van der Waals surface area contributed by atoms with E-state index in [-0.39, 0.29) is 0 Å². The second-order valence-electron chi connectivity index (χ2n) is 2.87. The lowest BCUT2D eigenvalue weighted by atomic mass is 10.3. The van der Waals surface area contributed by atoms with Gasteiger partial charge in [-0.3, -0.25) is 4.79 Å². The molecule has 9 heteroatoms. The average molecular weight is 258 g/mol. The molecule has 0 unspecified atom stereocenters. The van der Waals surface area contributed by atoms with Crippen LogP contribution in [0.5, 0.6) is 0 Å². The van der Waals surface area contributed by atoms with Crippen LogP contribution in [0, 0.1) is 5.95 Å². The Bertz CT molecular complexity index is 430. The van der Waals surface area contributed by atoms with Crippen molar-refractivity contribution in [3.05, 3.63) is 24.1 Å². The van der Waals surface area contributed by atoms with Gasteiger partial charge in [-0.05, 0) is 12.1 Å². The number of pyridine rings is 1. The maximum absolute atomic E-state index is 12.5. The third-order valence-electron chi connectivity index (χ3n) is 1.60. The van der Waals surface area contributed by atoms with Crippen molar-refractivity contribution in [1.29, 1.82) is 0 Å². The lowest BCUT2D eigenvalue weighted by Crippen LogP contribution is -2.47. The number of alkyl halides is 5. The Balaban J connectivity index is 2.87. The molecule has 0 bridgehead atoms. The van der Waals surface area contributed by atoms with Gasteiger partial charge in [-0.15, -0.1) is 0 Å². The van der Waals surface area contributed by atoms with Crippen molar-refractivity contribution in [2.75, 3.05) is 5.32 Å². The number of amides is 1. The number of nitrogens with one attached hydrogen (secondary N) is 1. The molecule has 0 aliphatic heterocycles. The molecule has 0 aromatic carbocycles. The molecule has 1 N–H and O–H groups in total. The zero-order chi connectivity index (χ0) is 13.3. The quantitative estimate of drug-likeness (QED) is 0.653. The Labute approximate surface area is 90.5 Å². The number of rotatable bonds is 2. The van der Waals surface area contributed by atoms with Crippen LogP contribution in [0.15, 0.2) is 18.2 Å². The summed E-state index contributed by atoms with van der Waals surface area (Å²) in [6.45, 7) is 0. The number of carbonyl (C=O) groups is 1. The summed E-state index contributed by atoms with van der Waals surface area (Å²) in [6.07, 6.45) is -6.02. The van der Waals surface area contributed by atoms with Gasteiger partial charge in [0.05, 0.1) is 0 Å². The van der Waals surface area contributed by atoms with Gasteiger partial charge in [0.2, 0.25) is 5.95 Å². The summed E-state index contributed by atoms with van der Waals surface area (Å²) in [5, 5.41) is 1.17. The highest BCUT2D eigenvalue weighted by Gasteiger charge is 2.63. The van der Waals surface area contributed by atoms with Gasteiger partial charge in [0, 0.05) is 0 Å². The van der Waals surface area contributed by atoms with Crippen molar-refractivity contribution in [3.63, 3.8) is 0 Å². The van der Waals surface area contributed by atoms with Crippen molar-refractivity contribution in [3.8, 4) is 0 Å². The fourth-order valence-corrected chi connectivity index (χ4v) is 0.801. The van der Waals surface area contributed by atoms with Gasteiger partial charge in [-0.25, -0.2) is 4.98 Å². The van der Waals surface area contributed by atoms with Crippen molar-refractivity contribution >= 4 is 11.7 Å². The van der Waals surface area contributed by atoms with Crippen LogP contribution in [0.1, 0.15) is 0 Å². The van der Waals surface area contributed by atoms with E-state index in [9.17, 15) is 31.1 Å². The van der Waals surface area contributed by atoms with E-state index in [0.717, 1.165) is 18.2 Å². The molecule has 0 atom stereocenters. The van der Waals surface area contributed by atoms with E-state index in [4.69, 9.17) is 0 Å². The molecule has 1 amide bonds. The molecule has 1 rings (SSSR count). The summed E-state index contributed by atoms with van der Waals surface area (Å²) in [4.78, 5) is 13.6. The van der Waals surface area contributed by atoms with Crippen LogP contribution in [-0.4, -0.2) is 23.0 Å². The Morgan fingerprint density at radius 1 is 1.18 bits per heavy atom. The number of hydrogen-bond donors (Lipinski definition) is 1. The number of anilines is 1. The first-order chi connectivity index (χ1) is 7.64. The summed E-state index contributed by atoms with van der Waals surface area (Å²) in [6, 6.07) is 2.69.